The van der Waals surface area contributed by atoms with Gasteiger partial charge in [0.2, 0.25) is 15.9 Å². The molecule has 0 spiro atoms. The lowest BCUT2D eigenvalue weighted by Crippen LogP contribution is -2.46. The van der Waals surface area contributed by atoms with Gasteiger partial charge in [-0.05, 0) is 42.8 Å². The van der Waals surface area contributed by atoms with E-state index in [9.17, 15) is 13.2 Å². The molecule has 158 valence electrons. The van der Waals surface area contributed by atoms with Crippen molar-refractivity contribution in [2.24, 2.45) is 0 Å². The maximum absolute atomic E-state index is 12.8. The minimum absolute atomic E-state index is 0.169. The van der Waals surface area contributed by atoms with Crippen molar-refractivity contribution in [2.45, 2.75) is 11.3 Å². The van der Waals surface area contributed by atoms with E-state index in [1.807, 2.05) is 29.3 Å². The van der Waals surface area contributed by atoms with Crippen LogP contribution in [0.15, 0.2) is 51.4 Å². The van der Waals surface area contributed by atoms with Crippen LogP contribution in [0.2, 0.25) is 0 Å². The fourth-order valence-electron chi connectivity index (χ4n) is 3.16. The number of rotatable bonds is 6. The SMILES string of the molecule is CN1CCN(S(=O)(=O)c2ccc(NC(=O)Cc3csc(-c4ccsc4)n3)cc2)CC1. The molecule has 0 unspecified atom stereocenters. The van der Waals surface area contributed by atoms with Crippen LogP contribution in [0.1, 0.15) is 5.69 Å². The summed E-state index contributed by atoms with van der Waals surface area (Å²) >= 11 is 3.13. The highest BCUT2D eigenvalue weighted by Crippen LogP contribution is 2.26. The number of piperazine rings is 1. The number of carbonyl (C=O) groups is 1. The van der Waals surface area contributed by atoms with Gasteiger partial charge in [0.15, 0.2) is 0 Å². The highest BCUT2D eigenvalue weighted by molar-refractivity contribution is 7.89. The molecule has 0 aliphatic carbocycles. The van der Waals surface area contributed by atoms with E-state index in [4.69, 9.17) is 0 Å². The molecule has 4 rings (SSSR count). The number of anilines is 1. The van der Waals surface area contributed by atoms with Crippen LogP contribution in [0.4, 0.5) is 5.69 Å². The van der Waals surface area contributed by atoms with E-state index in [0.717, 1.165) is 23.7 Å². The maximum atomic E-state index is 12.8. The van der Waals surface area contributed by atoms with Crippen molar-refractivity contribution in [2.75, 3.05) is 38.5 Å². The predicted molar refractivity (Wildman–Crippen MR) is 120 cm³/mol. The molecule has 1 aromatic carbocycles. The highest BCUT2D eigenvalue weighted by atomic mass is 32.2. The molecule has 0 atom stereocenters. The second-order valence-corrected chi connectivity index (χ2v) is 10.7. The van der Waals surface area contributed by atoms with E-state index in [2.05, 4.69) is 15.2 Å². The Balaban J connectivity index is 1.37. The van der Waals surface area contributed by atoms with Gasteiger partial charge in [0.25, 0.3) is 0 Å². The van der Waals surface area contributed by atoms with Crippen molar-refractivity contribution < 1.29 is 13.2 Å². The number of nitrogens with one attached hydrogen (secondary N) is 1. The third-order valence-electron chi connectivity index (χ3n) is 4.90. The van der Waals surface area contributed by atoms with E-state index < -0.39 is 10.0 Å². The van der Waals surface area contributed by atoms with E-state index in [-0.39, 0.29) is 17.2 Å². The summed E-state index contributed by atoms with van der Waals surface area (Å²) in [4.78, 5) is 19.2. The molecule has 1 N–H and O–H groups in total. The second-order valence-electron chi connectivity index (χ2n) is 7.11. The Kier molecular flexibility index (Phi) is 6.30. The number of hydrogen-bond acceptors (Lipinski definition) is 7. The van der Waals surface area contributed by atoms with Crippen molar-refractivity contribution in [1.29, 1.82) is 0 Å². The minimum Gasteiger partial charge on any atom is -0.326 e. The molecule has 10 heteroatoms. The summed E-state index contributed by atoms with van der Waals surface area (Å²) in [6, 6.07) is 8.34. The lowest BCUT2D eigenvalue weighted by atomic mass is 10.3. The summed E-state index contributed by atoms with van der Waals surface area (Å²) in [5.41, 5.74) is 2.34. The molecule has 0 saturated carbocycles. The van der Waals surface area contributed by atoms with E-state index in [1.54, 1.807) is 35.6 Å². The Labute approximate surface area is 184 Å². The summed E-state index contributed by atoms with van der Waals surface area (Å²) in [6.45, 7) is 2.41. The number of thiazole rings is 1. The van der Waals surface area contributed by atoms with Crippen LogP contribution in [-0.2, 0) is 21.2 Å². The number of nitrogens with zero attached hydrogens (tertiary/aromatic N) is 3. The zero-order valence-corrected chi connectivity index (χ0v) is 18.9. The quantitative estimate of drug-likeness (QED) is 0.609. The molecule has 3 aromatic rings. The van der Waals surface area contributed by atoms with Crippen molar-refractivity contribution in [3.05, 3.63) is 52.2 Å². The van der Waals surface area contributed by atoms with Gasteiger partial charge in [-0.15, -0.1) is 11.3 Å². The molecule has 1 aliphatic rings. The molecule has 7 nitrogen and oxygen atoms in total. The van der Waals surface area contributed by atoms with Crippen molar-refractivity contribution in [3.63, 3.8) is 0 Å². The average molecular weight is 463 g/mol. The normalized spacial score (nSPS) is 15.9. The number of thiophene rings is 1. The summed E-state index contributed by atoms with van der Waals surface area (Å²) in [6.07, 6.45) is 0.169. The molecule has 1 aliphatic heterocycles. The van der Waals surface area contributed by atoms with Crippen LogP contribution in [0.3, 0.4) is 0 Å². The van der Waals surface area contributed by atoms with Gasteiger partial charge in [0, 0.05) is 48.2 Å². The average Bonchev–Trinajstić information content (AvgIpc) is 3.40. The monoisotopic (exact) mass is 462 g/mol. The minimum atomic E-state index is -3.51. The van der Waals surface area contributed by atoms with Gasteiger partial charge in [0.1, 0.15) is 5.01 Å². The topological polar surface area (TPSA) is 82.6 Å². The lowest BCUT2D eigenvalue weighted by molar-refractivity contribution is -0.115. The molecular weight excluding hydrogens is 440 g/mol. The summed E-state index contributed by atoms with van der Waals surface area (Å²) < 4.78 is 27.1. The van der Waals surface area contributed by atoms with E-state index >= 15 is 0 Å². The number of amides is 1. The molecule has 1 fully saturated rings. The smallest absolute Gasteiger partial charge is 0.243 e. The zero-order valence-electron chi connectivity index (χ0n) is 16.4. The standard InChI is InChI=1S/C20H22N4O3S3/c1-23-7-9-24(10-8-23)30(26,27)18-4-2-16(3-5-18)21-19(25)12-17-14-29-20(22-17)15-6-11-28-13-15/h2-6,11,13-14H,7-10,12H2,1H3,(H,21,25). The van der Waals surface area contributed by atoms with Crippen LogP contribution in [0, 0.1) is 0 Å². The van der Waals surface area contributed by atoms with Crippen LogP contribution >= 0.6 is 22.7 Å². The van der Waals surface area contributed by atoms with Crippen molar-refractivity contribution >= 4 is 44.3 Å². The van der Waals surface area contributed by atoms with Gasteiger partial charge < -0.3 is 10.2 Å². The zero-order chi connectivity index (χ0) is 21.1. The van der Waals surface area contributed by atoms with Gasteiger partial charge in [-0.2, -0.15) is 15.6 Å². The second kappa shape index (κ2) is 8.94. The third-order valence-corrected chi connectivity index (χ3v) is 8.44. The maximum Gasteiger partial charge on any atom is 0.243 e. The van der Waals surface area contributed by atoms with Crippen molar-refractivity contribution in [1.82, 2.24) is 14.2 Å². The van der Waals surface area contributed by atoms with Crippen molar-refractivity contribution in [3.8, 4) is 10.6 Å². The number of aromatic nitrogens is 1. The molecule has 1 amide bonds. The largest absolute Gasteiger partial charge is 0.326 e. The number of sulfonamides is 1. The number of hydrogen-bond donors (Lipinski definition) is 1. The van der Waals surface area contributed by atoms with Crippen LogP contribution in [-0.4, -0.2) is 61.7 Å². The van der Waals surface area contributed by atoms with Crippen LogP contribution < -0.4 is 5.32 Å². The molecule has 1 saturated heterocycles. The molecule has 2 aromatic heterocycles. The summed E-state index contributed by atoms with van der Waals surface area (Å²) in [7, 11) is -1.53. The first-order valence-electron chi connectivity index (χ1n) is 9.47. The first kappa shape index (κ1) is 21.1. The van der Waals surface area contributed by atoms with Crippen LogP contribution in [0.5, 0.6) is 0 Å². The van der Waals surface area contributed by atoms with E-state index in [0.29, 0.717) is 24.5 Å². The Morgan fingerprint density at radius 3 is 2.50 bits per heavy atom. The van der Waals surface area contributed by atoms with Gasteiger partial charge >= 0.3 is 0 Å². The summed E-state index contributed by atoms with van der Waals surface area (Å²) in [5, 5.41) is 9.62. The van der Waals surface area contributed by atoms with E-state index in [1.165, 1.54) is 15.6 Å². The summed E-state index contributed by atoms with van der Waals surface area (Å²) in [5.74, 6) is -0.188. The third kappa shape index (κ3) is 4.79. The van der Waals surface area contributed by atoms with Crippen LogP contribution in [0.25, 0.3) is 10.6 Å². The molecule has 0 bridgehead atoms. The Hall–Kier alpha value is -2.11. The fraction of sp³-hybridized carbons (Fsp3) is 0.300. The predicted octanol–water partition coefficient (Wildman–Crippen LogP) is 2.99. The van der Waals surface area contributed by atoms with Gasteiger partial charge in [-0.3, -0.25) is 4.79 Å². The number of likely N-dealkylation sites (N-methyl/N-ethyl adjacent to an activating group) is 1. The van der Waals surface area contributed by atoms with Gasteiger partial charge in [0.05, 0.1) is 17.0 Å². The first-order chi connectivity index (χ1) is 14.4. The van der Waals surface area contributed by atoms with Gasteiger partial charge in [-0.1, -0.05) is 0 Å². The van der Waals surface area contributed by atoms with Gasteiger partial charge in [-0.25, -0.2) is 13.4 Å². The Morgan fingerprint density at radius 2 is 1.83 bits per heavy atom. The molecular formula is C20H22N4O3S3. The molecule has 3 heterocycles. The molecule has 0 radical (unpaired) electrons. The molecule has 30 heavy (non-hydrogen) atoms. The number of carbonyl (C=O) groups excluding carboxylic acids is 1. The lowest BCUT2D eigenvalue weighted by Gasteiger charge is -2.31. The Morgan fingerprint density at radius 1 is 1.10 bits per heavy atom. The first-order valence-corrected chi connectivity index (χ1v) is 12.7. The Bertz CT molecular complexity index is 1100. The number of benzene rings is 1. The fourth-order valence-corrected chi connectivity index (χ4v) is 6.12. The highest BCUT2D eigenvalue weighted by Gasteiger charge is 2.27.